The molecule has 10 heteroatoms. The Morgan fingerprint density at radius 1 is 1.28 bits per heavy atom. The minimum atomic E-state index is -0.591. The van der Waals surface area contributed by atoms with Gasteiger partial charge in [-0.2, -0.15) is 9.61 Å². The SMILES string of the molecule is CCOC(=O)c1cc2c3cc(-n4cnnc4)c(Cl)cc3[nH]c(=O)n2n1. The summed E-state index contributed by atoms with van der Waals surface area (Å²) in [6.45, 7) is 1.92. The average molecular weight is 359 g/mol. The number of aromatic amines is 1. The number of carbonyl (C=O) groups is 1. The lowest BCUT2D eigenvalue weighted by atomic mass is 10.2. The zero-order valence-electron chi connectivity index (χ0n) is 12.9. The van der Waals surface area contributed by atoms with Crippen LogP contribution in [0.25, 0.3) is 22.1 Å². The summed E-state index contributed by atoms with van der Waals surface area (Å²) in [6.07, 6.45) is 3.02. The van der Waals surface area contributed by atoms with Crippen LogP contribution >= 0.6 is 11.6 Å². The van der Waals surface area contributed by atoms with Crippen LogP contribution in [0.5, 0.6) is 0 Å². The molecule has 0 unspecified atom stereocenters. The minimum absolute atomic E-state index is 0.0562. The molecule has 0 aliphatic heterocycles. The molecule has 0 saturated heterocycles. The molecule has 126 valence electrons. The maximum absolute atomic E-state index is 12.2. The Labute approximate surface area is 144 Å². The van der Waals surface area contributed by atoms with Crippen molar-refractivity contribution in [1.29, 1.82) is 0 Å². The smallest absolute Gasteiger partial charge is 0.358 e. The average Bonchev–Trinajstić information content (AvgIpc) is 3.25. The van der Waals surface area contributed by atoms with Crippen LogP contribution in [-0.4, -0.2) is 41.9 Å². The van der Waals surface area contributed by atoms with Crippen molar-refractivity contribution in [3.05, 3.63) is 52.1 Å². The van der Waals surface area contributed by atoms with Gasteiger partial charge in [-0.1, -0.05) is 11.6 Å². The number of nitrogens with one attached hydrogen (secondary N) is 1. The van der Waals surface area contributed by atoms with E-state index < -0.39 is 11.7 Å². The van der Waals surface area contributed by atoms with E-state index in [0.29, 0.717) is 27.1 Å². The van der Waals surface area contributed by atoms with Crippen LogP contribution in [0.2, 0.25) is 5.02 Å². The summed E-state index contributed by atoms with van der Waals surface area (Å²) in [5.74, 6) is -0.591. The summed E-state index contributed by atoms with van der Waals surface area (Å²) < 4.78 is 7.71. The van der Waals surface area contributed by atoms with Gasteiger partial charge in [0.15, 0.2) is 5.69 Å². The molecule has 4 aromatic rings. The maximum Gasteiger partial charge on any atom is 0.358 e. The molecule has 3 heterocycles. The third-order valence-electron chi connectivity index (χ3n) is 3.69. The maximum atomic E-state index is 12.2. The van der Waals surface area contributed by atoms with Crippen molar-refractivity contribution in [3.63, 3.8) is 0 Å². The van der Waals surface area contributed by atoms with Gasteiger partial charge in [0.2, 0.25) is 0 Å². The summed E-state index contributed by atoms with van der Waals surface area (Å²) in [4.78, 5) is 26.9. The van der Waals surface area contributed by atoms with Crippen LogP contribution in [-0.2, 0) is 4.74 Å². The number of aromatic nitrogens is 6. The number of rotatable bonds is 3. The highest BCUT2D eigenvalue weighted by Gasteiger charge is 2.17. The Balaban J connectivity index is 2.02. The summed E-state index contributed by atoms with van der Waals surface area (Å²) in [7, 11) is 0. The first-order chi connectivity index (χ1) is 12.1. The second-order valence-corrected chi connectivity index (χ2v) is 5.60. The van der Waals surface area contributed by atoms with Crippen LogP contribution in [0.1, 0.15) is 17.4 Å². The molecular weight excluding hydrogens is 348 g/mol. The van der Waals surface area contributed by atoms with E-state index in [-0.39, 0.29) is 12.3 Å². The van der Waals surface area contributed by atoms with Gasteiger partial charge in [-0.05, 0) is 25.1 Å². The molecule has 25 heavy (non-hydrogen) atoms. The van der Waals surface area contributed by atoms with Gasteiger partial charge in [0.25, 0.3) is 0 Å². The molecular formula is C15H11ClN6O3. The highest BCUT2D eigenvalue weighted by Crippen LogP contribution is 2.27. The quantitative estimate of drug-likeness (QED) is 0.557. The Morgan fingerprint density at radius 2 is 2.04 bits per heavy atom. The lowest BCUT2D eigenvalue weighted by Crippen LogP contribution is -2.18. The van der Waals surface area contributed by atoms with E-state index in [1.165, 1.54) is 18.7 Å². The Kier molecular flexibility index (Phi) is 3.50. The number of H-pyrrole nitrogens is 1. The molecule has 0 aliphatic carbocycles. The zero-order valence-corrected chi connectivity index (χ0v) is 13.7. The van der Waals surface area contributed by atoms with Crippen LogP contribution in [0.3, 0.4) is 0 Å². The lowest BCUT2D eigenvalue weighted by Gasteiger charge is -2.07. The Bertz CT molecular complexity index is 1160. The van der Waals surface area contributed by atoms with E-state index >= 15 is 0 Å². The Hall–Kier alpha value is -3.20. The molecule has 0 amide bonds. The van der Waals surface area contributed by atoms with Gasteiger partial charge in [0.05, 0.1) is 28.4 Å². The summed E-state index contributed by atoms with van der Waals surface area (Å²) in [5.41, 5.74) is 1.20. The van der Waals surface area contributed by atoms with Crippen molar-refractivity contribution in [3.8, 4) is 5.69 Å². The van der Waals surface area contributed by atoms with Crippen molar-refractivity contribution < 1.29 is 9.53 Å². The second kappa shape index (κ2) is 5.71. The van der Waals surface area contributed by atoms with Crippen LogP contribution in [0.4, 0.5) is 0 Å². The van der Waals surface area contributed by atoms with Crippen molar-refractivity contribution in [2.24, 2.45) is 0 Å². The van der Waals surface area contributed by atoms with E-state index in [9.17, 15) is 9.59 Å². The van der Waals surface area contributed by atoms with Gasteiger partial charge < -0.3 is 9.72 Å². The normalized spacial score (nSPS) is 11.3. The number of halogens is 1. The molecule has 0 aliphatic rings. The first-order valence-electron chi connectivity index (χ1n) is 7.36. The van der Waals surface area contributed by atoms with Gasteiger partial charge in [0, 0.05) is 5.39 Å². The van der Waals surface area contributed by atoms with E-state index in [0.717, 1.165) is 4.52 Å². The van der Waals surface area contributed by atoms with Gasteiger partial charge in [0.1, 0.15) is 12.7 Å². The molecule has 0 spiro atoms. The molecule has 0 fully saturated rings. The zero-order chi connectivity index (χ0) is 17.6. The number of ether oxygens (including phenoxy) is 1. The van der Waals surface area contributed by atoms with Crippen molar-refractivity contribution in [2.45, 2.75) is 6.92 Å². The van der Waals surface area contributed by atoms with Gasteiger partial charge >= 0.3 is 11.7 Å². The molecule has 0 radical (unpaired) electrons. The first-order valence-corrected chi connectivity index (χ1v) is 7.73. The molecule has 3 aromatic heterocycles. The van der Waals surface area contributed by atoms with Crippen molar-refractivity contribution in [2.75, 3.05) is 6.61 Å². The highest BCUT2D eigenvalue weighted by molar-refractivity contribution is 6.33. The third-order valence-corrected chi connectivity index (χ3v) is 3.99. The number of benzene rings is 1. The summed E-state index contributed by atoms with van der Waals surface area (Å²) >= 11 is 6.30. The molecule has 1 aromatic carbocycles. The van der Waals surface area contributed by atoms with Crippen LogP contribution < -0.4 is 5.69 Å². The minimum Gasteiger partial charge on any atom is -0.461 e. The highest BCUT2D eigenvalue weighted by atomic mass is 35.5. The standard InChI is InChI=1S/C15H11ClN6O3/c1-2-25-14(23)11-5-12-8-3-13(21-6-17-18-7-21)9(16)4-10(8)19-15(24)22(12)20-11/h3-7H,2H2,1H3,(H,19,24). The fourth-order valence-corrected chi connectivity index (χ4v) is 2.86. The molecule has 0 saturated carbocycles. The predicted molar refractivity (Wildman–Crippen MR) is 89.2 cm³/mol. The fourth-order valence-electron chi connectivity index (χ4n) is 2.60. The fraction of sp³-hybridized carbons (Fsp3) is 0.133. The first kappa shape index (κ1) is 15.3. The van der Waals surface area contributed by atoms with Crippen molar-refractivity contribution in [1.82, 2.24) is 29.4 Å². The monoisotopic (exact) mass is 358 g/mol. The summed E-state index contributed by atoms with van der Waals surface area (Å²) in [5, 5.41) is 12.6. The van der Waals surface area contributed by atoms with Crippen LogP contribution in [0, 0.1) is 0 Å². The van der Waals surface area contributed by atoms with E-state index in [1.54, 1.807) is 23.6 Å². The second-order valence-electron chi connectivity index (χ2n) is 5.20. The number of fused-ring (bicyclic) bond motifs is 3. The Morgan fingerprint density at radius 3 is 2.76 bits per heavy atom. The van der Waals surface area contributed by atoms with E-state index in [4.69, 9.17) is 16.3 Å². The molecule has 4 rings (SSSR count). The number of carbonyl (C=O) groups excluding carboxylic acids is 1. The van der Waals surface area contributed by atoms with E-state index in [2.05, 4.69) is 20.3 Å². The topological polar surface area (TPSA) is 107 Å². The predicted octanol–water partition coefficient (Wildman–Crippen LogP) is 1.59. The molecule has 0 bridgehead atoms. The van der Waals surface area contributed by atoms with Gasteiger partial charge in [-0.15, -0.1) is 10.2 Å². The van der Waals surface area contributed by atoms with Crippen LogP contribution in [0.15, 0.2) is 35.6 Å². The van der Waals surface area contributed by atoms with E-state index in [1.807, 2.05) is 0 Å². The summed E-state index contributed by atoms with van der Waals surface area (Å²) in [6, 6.07) is 4.91. The van der Waals surface area contributed by atoms with Crippen molar-refractivity contribution >= 4 is 34.0 Å². The number of hydrogen-bond donors (Lipinski definition) is 1. The third kappa shape index (κ3) is 2.45. The van der Waals surface area contributed by atoms with Gasteiger partial charge in [-0.3, -0.25) is 4.57 Å². The van der Waals surface area contributed by atoms with Gasteiger partial charge in [-0.25, -0.2) is 9.59 Å². The molecule has 0 atom stereocenters. The number of hydrogen-bond acceptors (Lipinski definition) is 6. The largest absolute Gasteiger partial charge is 0.461 e. The molecule has 9 nitrogen and oxygen atoms in total. The number of esters is 1. The molecule has 1 N–H and O–H groups in total. The number of nitrogens with zero attached hydrogens (tertiary/aromatic N) is 5. The lowest BCUT2D eigenvalue weighted by molar-refractivity contribution is 0.0519.